The first-order chi connectivity index (χ1) is 40.3. The molecule has 1 N–H and O–H groups in total. The van der Waals surface area contributed by atoms with Crippen molar-refractivity contribution in [1.82, 2.24) is 29.8 Å². The van der Waals surface area contributed by atoms with E-state index in [-0.39, 0.29) is 58.6 Å². The first-order valence-electron chi connectivity index (χ1n) is 29.2. The van der Waals surface area contributed by atoms with Crippen molar-refractivity contribution in [3.8, 4) is 17.2 Å². The molecular weight excluding hydrogens is 1090 g/mol. The van der Waals surface area contributed by atoms with Crippen LogP contribution in [0.4, 0.5) is 0 Å². The van der Waals surface area contributed by atoms with Crippen LogP contribution in [0.3, 0.4) is 0 Å². The summed E-state index contributed by atoms with van der Waals surface area (Å²) < 4.78 is 35.0. The molecule has 3 aliphatic rings. The average Bonchev–Trinajstić information content (AvgIpc) is 2.09. The highest BCUT2D eigenvalue weighted by molar-refractivity contribution is 6.38. The molecule has 0 unspecified atom stereocenters. The second kappa shape index (κ2) is 30.3. The number of rotatable bonds is 9. The van der Waals surface area contributed by atoms with E-state index in [1.165, 1.54) is 79.7 Å². The van der Waals surface area contributed by atoms with Crippen molar-refractivity contribution in [2.45, 2.75) is 148 Å². The molecule has 0 spiro atoms. The van der Waals surface area contributed by atoms with Gasteiger partial charge in [-0.2, -0.15) is 0 Å². The average molecular weight is 1180 g/mol. The highest BCUT2D eigenvalue weighted by Gasteiger charge is 2.45. The van der Waals surface area contributed by atoms with Crippen molar-refractivity contribution in [2.75, 3.05) is 74.8 Å². The molecular formula is C64H88N6O15. The summed E-state index contributed by atoms with van der Waals surface area (Å²) in [5, 5.41) is 2.70. The molecule has 6 rings (SSSR count). The Kier molecular flexibility index (Phi) is 23.7. The van der Waals surface area contributed by atoms with Gasteiger partial charge in [0, 0.05) is 54.7 Å². The zero-order valence-corrected chi connectivity index (χ0v) is 51.2. The van der Waals surface area contributed by atoms with Crippen molar-refractivity contribution < 1.29 is 73.0 Å². The van der Waals surface area contributed by atoms with Gasteiger partial charge in [0.15, 0.2) is 18.1 Å². The van der Waals surface area contributed by atoms with Crippen molar-refractivity contribution >= 4 is 53.2 Å². The number of amides is 6. The van der Waals surface area contributed by atoms with E-state index in [4.69, 9.17) is 28.4 Å². The van der Waals surface area contributed by atoms with Crippen LogP contribution in [0.1, 0.15) is 117 Å². The Morgan fingerprint density at radius 1 is 0.694 bits per heavy atom. The topological polar surface area (TPSA) is 237 Å². The Balaban J connectivity index is 0.0000135. The number of allylic oxidation sites excluding steroid dienone is 1. The summed E-state index contributed by atoms with van der Waals surface area (Å²) in [7, 11) is 7.65. The molecule has 85 heavy (non-hydrogen) atoms. The summed E-state index contributed by atoms with van der Waals surface area (Å²) in [5.74, 6) is -4.59. The molecule has 21 nitrogen and oxygen atoms in total. The number of likely N-dealkylation sites (N-methyl/N-ethyl adjacent to an activating group) is 3. The molecule has 6 amide bonds. The van der Waals surface area contributed by atoms with Crippen LogP contribution in [-0.4, -0.2) is 188 Å². The first kappa shape index (κ1) is 66.3. The number of hydrogen-bond acceptors (Lipinski definition) is 15. The van der Waals surface area contributed by atoms with Crippen LogP contribution in [0.5, 0.6) is 17.2 Å². The number of benzene rings is 3. The molecule has 0 saturated carbocycles. The summed E-state index contributed by atoms with van der Waals surface area (Å²) in [6, 6.07) is 15.7. The van der Waals surface area contributed by atoms with E-state index in [9.17, 15) is 38.4 Å². The number of nitrogens with one attached hydrogen (secondary N) is 1. The van der Waals surface area contributed by atoms with Crippen molar-refractivity contribution in [3.05, 3.63) is 102 Å². The lowest BCUT2D eigenvalue weighted by Crippen LogP contribution is -2.60. The fourth-order valence-electron chi connectivity index (χ4n) is 10.6. The van der Waals surface area contributed by atoms with Gasteiger partial charge in [-0.3, -0.25) is 33.6 Å². The van der Waals surface area contributed by atoms with Gasteiger partial charge < -0.3 is 58.2 Å². The van der Waals surface area contributed by atoms with E-state index in [1.807, 2.05) is 63.2 Å². The van der Waals surface area contributed by atoms with Crippen LogP contribution in [0, 0.1) is 5.41 Å². The monoisotopic (exact) mass is 1180 g/mol. The van der Waals surface area contributed by atoms with Crippen LogP contribution in [0.2, 0.25) is 0 Å². The van der Waals surface area contributed by atoms with Crippen LogP contribution < -0.4 is 19.5 Å². The van der Waals surface area contributed by atoms with Crippen LogP contribution in [-0.2, 0) is 70.2 Å². The number of hydrogen-bond donors (Lipinski definition) is 1. The predicted molar refractivity (Wildman–Crippen MR) is 317 cm³/mol. The third kappa shape index (κ3) is 18.1. The second-order valence-corrected chi connectivity index (χ2v) is 23.7. The van der Waals surface area contributed by atoms with Crippen molar-refractivity contribution in [1.29, 1.82) is 0 Å². The smallest absolute Gasteiger partial charge is 0.330 e. The predicted octanol–water partition coefficient (Wildman–Crippen LogP) is 6.08. The van der Waals surface area contributed by atoms with Gasteiger partial charge >= 0.3 is 11.9 Å². The number of carbonyl (C=O) groups excluding carboxylic acids is 9. The molecule has 0 aliphatic carbocycles. The van der Waals surface area contributed by atoms with Gasteiger partial charge in [0.2, 0.25) is 29.4 Å². The molecule has 21 heteroatoms. The maximum absolute atomic E-state index is 15.0. The number of cyclic esters (lactones) is 2. The lowest BCUT2D eigenvalue weighted by Gasteiger charge is -2.38. The zero-order chi connectivity index (χ0) is 62.2. The number of ether oxygens (including phenoxy) is 6. The standard InChI is InChI=1S/C64H86N6O15.H2/c1-42-57(74)67(8)49(36-43-22-14-12-15-23-43)59(76)68(9)50(39-84-63(2,3)4)60(77)69-35-21-27-47(69)58(75)66(7)33-18-13-16-28-55(72)83-41-64(5,6)56(73)61(78)70-34-19-17-26-48(70)62(79)85-51(31-29-44-30-32-52(80-10)53(37-44)81-11)45-24-20-25-46(38-45)82-40-54(71)65-42;/h12,14-16,20,22-25,28,30,32,37-38,42,47-51H,13,17-19,21,26-27,29,31,33-36,39-41H2,1-11H3,(H,65,71);1H/b28-16-;/t42-,47-,48-,49-,50-,51+;/m0./s1. The van der Waals surface area contributed by atoms with E-state index in [1.54, 1.807) is 43.5 Å². The Bertz CT molecular complexity index is 2900. The van der Waals surface area contributed by atoms with Gasteiger partial charge in [-0.05, 0) is 140 Å². The number of Topliss-reactive ketones (excluding diaryl/α,β-unsaturated/α-hetero) is 1. The maximum atomic E-state index is 15.0. The van der Waals surface area contributed by atoms with Crippen molar-refractivity contribution in [3.63, 3.8) is 0 Å². The van der Waals surface area contributed by atoms with Crippen LogP contribution >= 0.6 is 0 Å². The second-order valence-electron chi connectivity index (χ2n) is 23.7. The Hall–Kier alpha value is -7.81. The van der Waals surface area contributed by atoms with Gasteiger partial charge in [-0.25, -0.2) is 9.59 Å². The van der Waals surface area contributed by atoms with Gasteiger partial charge in [0.05, 0.1) is 31.8 Å². The highest BCUT2D eigenvalue weighted by atomic mass is 16.5. The molecule has 3 heterocycles. The summed E-state index contributed by atoms with van der Waals surface area (Å²) in [4.78, 5) is 135. The Labute approximate surface area is 501 Å². The van der Waals surface area contributed by atoms with Crippen LogP contribution in [0.15, 0.2) is 84.9 Å². The van der Waals surface area contributed by atoms with Gasteiger partial charge in [-0.1, -0.05) is 54.6 Å². The van der Waals surface area contributed by atoms with E-state index in [0.29, 0.717) is 62.0 Å². The number of aryl methyl sites for hydroxylation is 1. The Morgan fingerprint density at radius 2 is 1.39 bits per heavy atom. The fourth-order valence-corrected chi connectivity index (χ4v) is 10.6. The van der Waals surface area contributed by atoms with E-state index in [0.717, 1.165) is 11.1 Å². The fraction of sp³-hybridized carbons (Fsp3) is 0.547. The molecule has 3 aliphatic heterocycles. The number of carbonyl (C=O) groups is 9. The minimum atomic E-state index is -1.47. The number of fused-ring (bicyclic) bond motifs is 4. The minimum absolute atomic E-state index is 0. The molecule has 3 aromatic carbocycles. The number of piperidine rings is 1. The molecule has 464 valence electrons. The van der Waals surface area contributed by atoms with Gasteiger partial charge in [0.1, 0.15) is 48.7 Å². The minimum Gasteiger partial charge on any atom is -0.493 e. The van der Waals surface area contributed by atoms with E-state index >= 15 is 4.79 Å². The molecule has 0 aromatic heterocycles. The molecule has 0 radical (unpaired) electrons. The first-order valence-corrected chi connectivity index (χ1v) is 29.2. The SMILES string of the molecule is COc1ccc(CC[C@H]2OC(=O)[C@@H]3CCCCN3C(=O)C(=O)C(C)(C)COC(=O)/C=C\CCCN(C)C(=O)[C@@H]3CCCN3C(=O)[C@H](COC(C)(C)C)N(C)C(=O)[C@H](Cc3ccccc3)N(C)C(=O)[C@H](C)NC(=O)COc3cccc2c3)cc1OC.[HH]. The molecule has 2 fully saturated rings. The highest BCUT2D eigenvalue weighted by Crippen LogP contribution is 2.33. The number of esters is 2. The quantitative estimate of drug-likeness (QED) is 0.189. The Morgan fingerprint density at radius 3 is 2.09 bits per heavy atom. The summed E-state index contributed by atoms with van der Waals surface area (Å²) in [6.45, 7) is 9.42. The summed E-state index contributed by atoms with van der Waals surface area (Å²) in [6.07, 6.45) is 5.65. The number of nitrogens with zero attached hydrogens (tertiary/aromatic N) is 5. The molecule has 2 saturated heterocycles. The van der Waals surface area contributed by atoms with Gasteiger partial charge in [-0.15, -0.1) is 0 Å². The van der Waals surface area contributed by atoms with Crippen LogP contribution in [0.25, 0.3) is 0 Å². The summed E-state index contributed by atoms with van der Waals surface area (Å²) in [5.41, 5.74) is -0.132. The lowest BCUT2D eigenvalue weighted by atomic mass is 9.87. The third-order valence-electron chi connectivity index (χ3n) is 15.6. The van der Waals surface area contributed by atoms with Crippen molar-refractivity contribution in [2.24, 2.45) is 5.41 Å². The lowest BCUT2D eigenvalue weighted by molar-refractivity contribution is -0.165. The molecule has 6 atom stereocenters. The normalized spacial score (nSPS) is 24.0. The van der Waals surface area contributed by atoms with E-state index in [2.05, 4.69) is 5.32 Å². The molecule has 2 bridgehead atoms. The zero-order valence-electron chi connectivity index (χ0n) is 51.2. The van der Waals surface area contributed by atoms with Gasteiger partial charge in [0.25, 0.3) is 11.8 Å². The maximum Gasteiger partial charge on any atom is 0.330 e. The van der Waals surface area contributed by atoms with E-state index < -0.39 is 108 Å². The third-order valence-corrected chi connectivity index (χ3v) is 15.6. The number of methoxy groups -OCH3 is 2. The molecule has 3 aromatic rings. The largest absolute Gasteiger partial charge is 0.493 e. The number of ketones is 1. The summed E-state index contributed by atoms with van der Waals surface area (Å²) >= 11 is 0.